The number of para-hydroxylation sites is 1. The summed E-state index contributed by atoms with van der Waals surface area (Å²) in [6.45, 7) is 1.61. The van der Waals surface area contributed by atoms with Crippen molar-refractivity contribution in [3.05, 3.63) is 34.2 Å². The molecule has 0 aliphatic carbocycles. The zero-order valence-electron chi connectivity index (χ0n) is 9.02. The predicted molar refractivity (Wildman–Crippen MR) is 59.6 cm³/mol. The maximum Gasteiger partial charge on any atom is 0.326 e. The minimum absolute atomic E-state index is 0.236. The number of fused-ring (bicyclic) bond motifs is 1. The second-order valence-electron chi connectivity index (χ2n) is 3.79. The molecule has 2 N–H and O–H groups in total. The topological polar surface area (TPSA) is 75.1 Å². The highest BCUT2D eigenvalue weighted by molar-refractivity contribution is 5.86. The maximum absolute atomic E-state index is 11.4. The maximum atomic E-state index is 11.4. The summed E-state index contributed by atoms with van der Waals surface area (Å²) in [7, 11) is 1.62. The third-order valence-corrected chi connectivity index (χ3v) is 2.79. The summed E-state index contributed by atoms with van der Waals surface area (Å²) >= 11 is 0. The molecule has 0 radical (unpaired) electrons. The molecule has 1 heterocycles. The number of aryl methyl sites for hydroxylation is 1. The first-order chi connectivity index (χ1) is 7.52. The van der Waals surface area contributed by atoms with Crippen LogP contribution >= 0.6 is 0 Å². The van der Waals surface area contributed by atoms with Gasteiger partial charge in [-0.1, -0.05) is 12.1 Å². The number of hydrogen-bond acceptors (Lipinski definition) is 2. The molecule has 84 valence electrons. The van der Waals surface area contributed by atoms with E-state index in [0.29, 0.717) is 16.6 Å². The molecule has 0 bridgehead atoms. The monoisotopic (exact) mass is 220 g/mol. The van der Waals surface area contributed by atoms with E-state index in [4.69, 9.17) is 5.11 Å². The molecule has 0 aliphatic rings. The number of rotatable bonds is 2. The van der Waals surface area contributed by atoms with E-state index in [1.165, 1.54) is 4.57 Å². The van der Waals surface area contributed by atoms with Gasteiger partial charge in [-0.25, -0.2) is 4.79 Å². The Hall–Kier alpha value is -2.04. The van der Waals surface area contributed by atoms with E-state index in [9.17, 15) is 9.59 Å². The molecule has 0 saturated carbocycles. The fraction of sp³-hybridized carbons (Fsp3) is 0.273. The summed E-state index contributed by atoms with van der Waals surface area (Å²) in [6.07, 6.45) is 0. The Kier molecular flexibility index (Phi) is 2.30. The third-order valence-electron chi connectivity index (χ3n) is 2.79. The molecule has 0 fully saturated rings. The van der Waals surface area contributed by atoms with E-state index in [-0.39, 0.29) is 5.69 Å². The molecule has 1 aromatic carbocycles. The van der Waals surface area contributed by atoms with E-state index < -0.39 is 11.9 Å². The molecular weight excluding hydrogens is 208 g/mol. The lowest BCUT2D eigenvalue weighted by Crippen LogP contribution is -2.14. The first-order valence-corrected chi connectivity index (χ1v) is 4.92. The molecule has 1 unspecified atom stereocenters. The number of carboxylic acid groups (broad SMARTS) is 1. The van der Waals surface area contributed by atoms with E-state index in [2.05, 4.69) is 4.98 Å². The molecule has 0 saturated heterocycles. The number of aliphatic carboxylic acids is 1. The summed E-state index contributed by atoms with van der Waals surface area (Å²) in [6, 6.07) is 5.23. The minimum atomic E-state index is -0.902. The Balaban J connectivity index is 2.79. The number of imidazole rings is 1. The van der Waals surface area contributed by atoms with Crippen LogP contribution in [0.3, 0.4) is 0 Å². The van der Waals surface area contributed by atoms with Crippen molar-refractivity contribution in [1.82, 2.24) is 9.55 Å². The summed E-state index contributed by atoms with van der Waals surface area (Å²) in [5.74, 6) is -1.54. The van der Waals surface area contributed by atoms with Gasteiger partial charge in [0, 0.05) is 7.05 Å². The Morgan fingerprint density at radius 3 is 2.81 bits per heavy atom. The molecule has 0 spiro atoms. The number of H-pyrrole nitrogens is 1. The number of nitrogens with one attached hydrogen (secondary N) is 1. The van der Waals surface area contributed by atoms with Gasteiger partial charge in [0.25, 0.3) is 0 Å². The highest BCUT2D eigenvalue weighted by atomic mass is 16.4. The third kappa shape index (κ3) is 1.41. The van der Waals surface area contributed by atoms with Gasteiger partial charge in [-0.15, -0.1) is 0 Å². The molecule has 5 heteroatoms. The molecular formula is C11H12N2O3. The second kappa shape index (κ2) is 3.52. The zero-order valence-corrected chi connectivity index (χ0v) is 9.02. The molecule has 16 heavy (non-hydrogen) atoms. The molecule has 0 aliphatic heterocycles. The first kappa shape index (κ1) is 10.5. The number of carboxylic acids is 1. The zero-order chi connectivity index (χ0) is 11.9. The Labute approximate surface area is 91.3 Å². The van der Waals surface area contributed by atoms with Crippen LogP contribution in [0.1, 0.15) is 18.4 Å². The van der Waals surface area contributed by atoms with Crippen molar-refractivity contribution in [2.24, 2.45) is 7.05 Å². The SMILES string of the molecule is CC(C(=O)O)c1cccc2[nH]c(=O)n(C)c12. The van der Waals surface area contributed by atoms with Crippen LogP contribution < -0.4 is 5.69 Å². The fourth-order valence-corrected chi connectivity index (χ4v) is 1.82. The normalized spacial score (nSPS) is 12.9. The summed E-state index contributed by atoms with van der Waals surface area (Å²) in [4.78, 5) is 25.1. The van der Waals surface area contributed by atoms with E-state index in [1.807, 2.05) is 0 Å². The minimum Gasteiger partial charge on any atom is -0.481 e. The van der Waals surface area contributed by atoms with Gasteiger partial charge in [0.2, 0.25) is 0 Å². The summed E-state index contributed by atoms with van der Waals surface area (Å²) in [5, 5.41) is 9.00. The van der Waals surface area contributed by atoms with Gasteiger partial charge >= 0.3 is 11.7 Å². The predicted octanol–water partition coefficient (Wildman–Crippen LogP) is 1.05. The molecule has 0 amide bonds. The number of aromatic nitrogens is 2. The van der Waals surface area contributed by atoms with Gasteiger partial charge in [0.05, 0.1) is 17.0 Å². The van der Waals surface area contributed by atoms with Crippen LogP contribution in [0.2, 0.25) is 0 Å². The molecule has 1 atom stereocenters. The Morgan fingerprint density at radius 2 is 2.19 bits per heavy atom. The molecule has 2 rings (SSSR count). The van der Waals surface area contributed by atoms with Crippen molar-refractivity contribution in [3.63, 3.8) is 0 Å². The van der Waals surface area contributed by atoms with Crippen LogP contribution in [-0.4, -0.2) is 20.6 Å². The van der Waals surface area contributed by atoms with Gasteiger partial charge in [-0.05, 0) is 18.6 Å². The van der Waals surface area contributed by atoms with Crippen LogP contribution in [0.5, 0.6) is 0 Å². The second-order valence-corrected chi connectivity index (χ2v) is 3.79. The van der Waals surface area contributed by atoms with Crippen molar-refractivity contribution in [2.45, 2.75) is 12.8 Å². The van der Waals surface area contributed by atoms with Crippen LogP contribution in [0.15, 0.2) is 23.0 Å². The van der Waals surface area contributed by atoms with Crippen LogP contribution in [0, 0.1) is 0 Å². The molecule has 2 aromatic rings. The van der Waals surface area contributed by atoms with Gasteiger partial charge in [-0.2, -0.15) is 0 Å². The smallest absolute Gasteiger partial charge is 0.326 e. The highest BCUT2D eigenvalue weighted by Gasteiger charge is 2.18. The average Bonchev–Trinajstić information content (AvgIpc) is 2.54. The van der Waals surface area contributed by atoms with Crippen molar-refractivity contribution >= 4 is 17.0 Å². The number of hydrogen-bond donors (Lipinski definition) is 2. The molecule has 5 nitrogen and oxygen atoms in total. The van der Waals surface area contributed by atoms with Crippen molar-refractivity contribution in [2.75, 3.05) is 0 Å². The van der Waals surface area contributed by atoms with E-state index in [0.717, 1.165) is 0 Å². The van der Waals surface area contributed by atoms with Gasteiger partial charge < -0.3 is 10.1 Å². The van der Waals surface area contributed by atoms with Gasteiger partial charge in [0.1, 0.15) is 0 Å². The van der Waals surface area contributed by atoms with Gasteiger partial charge in [0.15, 0.2) is 0 Å². The summed E-state index contributed by atoms with van der Waals surface area (Å²) < 4.78 is 1.43. The number of aromatic amines is 1. The van der Waals surface area contributed by atoms with Crippen molar-refractivity contribution in [3.8, 4) is 0 Å². The largest absolute Gasteiger partial charge is 0.481 e. The van der Waals surface area contributed by atoms with E-state index >= 15 is 0 Å². The van der Waals surface area contributed by atoms with Crippen LogP contribution in [-0.2, 0) is 11.8 Å². The standard InChI is InChI=1S/C11H12N2O3/c1-6(10(14)15)7-4-3-5-8-9(7)13(2)11(16)12-8/h3-6H,1-2H3,(H,12,16)(H,14,15). The fourth-order valence-electron chi connectivity index (χ4n) is 1.82. The first-order valence-electron chi connectivity index (χ1n) is 4.92. The van der Waals surface area contributed by atoms with Crippen LogP contribution in [0.4, 0.5) is 0 Å². The Morgan fingerprint density at radius 1 is 1.50 bits per heavy atom. The lowest BCUT2D eigenvalue weighted by molar-refractivity contribution is -0.138. The lowest BCUT2D eigenvalue weighted by Gasteiger charge is -2.08. The van der Waals surface area contributed by atoms with Crippen molar-refractivity contribution in [1.29, 1.82) is 0 Å². The quantitative estimate of drug-likeness (QED) is 0.794. The lowest BCUT2D eigenvalue weighted by atomic mass is 10.00. The molecule has 1 aromatic heterocycles. The van der Waals surface area contributed by atoms with Crippen molar-refractivity contribution < 1.29 is 9.90 Å². The number of nitrogens with zero attached hydrogens (tertiary/aromatic N) is 1. The van der Waals surface area contributed by atoms with Crippen LogP contribution in [0.25, 0.3) is 11.0 Å². The summed E-state index contributed by atoms with van der Waals surface area (Å²) in [5.41, 5.74) is 1.73. The Bertz CT molecular complexity index is 609. The number of carbonyl (C=O) groups is 1. The van der Waals surface area contributed by atoms with E-state index in [1.54, 1.807) is 32.2 Å². The number of benzene rings is 1. The average molecular weight is 220 g/mol. The highest BCUT2D eigenvalue weighted by Crippen LogP contribution is 2.23. The van der Waals surface area contributed by atoms with Gasteiger partial charge in [-0.3, -0.25) is 9.36 Å².